The van der Waals surface area contributed by atoms with E-state index in [1.807, 2.05) is 17.0 Å². The lowest BCUT2D eigenvalue weighted by Gasteiger charge is -2.36. The van der Waals surface area contributed by atoms with E-state index in [4.69, 9.17) is 4.74 Å². The zero-order chi connectivity index (χ0) is 24.3. The first-order chi connectivity index (χ1) is 16.2. The number of aromatic nitrogens is 2. The van der Waals surface area contributed by atoms with Crippen LogP contribution in [0.3, 0.4) is 0 Å². The summed E-state index contributed by atoms with van der Waals surface area (Å²) in [6.07, 6.45) is -4.41. The van der Waals surface area contributed by atoms with Crippen molar-refractivity contribution in [3.8, 4) is 17.0 Å². The SMILES string of the molecule is COc1ccc(-c2ccc(=O)n(CC(=O)N3CCN(c4cccc(C(F)(F)F)c4)CC3)n2)cc1. The van der Waals surface area contributed by atoms with Crippen molar-refractivity contribution in [1.29, 1.82) is 0 Å². The molecule has 34 heavy (non-hydrogen) atoms. The Kier molecular flexibility index (Phi) is 6.58. The number of piperazine rings is 1. The largest absolute Gasteiger partial charge is 0.497 e. The summed E-state index contributed by atoms with van der Waals surface area (Å²) in [5.74, 6) is 0.418. The van der Waals surface area contributed by atoms with Gasteiger partial charge in [0.1, 0.15) is 12.3 Å². The maximum atomic E-state index is 13.0. The van der Waals surface area contributed by atoms with E-state index in [2.05, 4.69) is 5.10 Å². The van der Waals surface area contributed by atoms with Crippen molar-refractivity contribution in [2.75, 3.05) is 38.2 Å². The van der Waals surface area contributed by atoms with Crippen LogP contribution in [0.15, 0.2) is 65.5 Å². The number of alkyl halides is 3. The number of methoxy groups -OCH3 is 1. The van der Waals surface area contributed by atoms with E-state index in [1.165, 1.54) is 12.1 Å². The molecule has 3 aromatic rings. The molecule has 178 valence electrons. The summed E-state index contributed by atoms with van der Waals surface area (Å²) in [5.41, 5.74) is 0.687. The minimum atomic E-state index is -4.41. The topological polar surface area (TPSA) is 67.7 Å². The highest BCUT2D eigenvalue weighted by Gasteiger charge is 2.31. The predicted molar refractivity (Wildman–Crippen MR) is 121 cm³/mol. The Hall–Kier alpha value is -3.82. The lowest BCUT2D eigenvalue weighted by atomic mass is 10.1. The number of halogens is 3. The molecule has 0 unspecified atom stereocenters. The van der Waals surface area contributed by atoms with Gasteiger partial charge in [-0.3, -0.25) is 9.59 Å². The highest BCUT2D eigenvalue weighted by atomic mass is 19.4. The second-order valence-corrected chi connectivity index (χ2v) is 7.86. The smallest absolute Gasteiger partial charge is 0.416 e. The van der Waals surface area contributed by atoms with E-state index >= 15 is 0 Å². The summed E-state index contributed by atoms with van der Waals surface area (Å²) in [6.45, 7) is 1.24. The second kappa shape index (κ2) is 9.58. The third-order valence-corrected chi connectivity index (χ3v) is 5.71. The van der Waals surface area contributed by atoms with Crippen LogP contribution < -0.4 is 15.2 Å². The Bertz CT molecular complexity index is 1220. The zero-order valence-electron chi connectivity index (χ0n) is 18.5. The maximum Gasteiger partial charge on any atom is 0.416 e. The van der Waals surface area contributed by atoms with Crippen molar-refractivity contribution in [1.82, 2.24) is 14.7 Å². The molecule has 0 bridgehead atoms. The van der Waals surface area contributed by atoms with E-state index in [1.54, 1.807) is 36.3 Å². The van der Waals surface area contributed by atoms with Crippen LogP contribution >= 0.6 is 0 Å². The molecule has 0 saturated carbocycles. The van der Waals surface area contributed by atoms with Crippen molar-refractivity contribution >= 4 is 11.6 Å². The van der Waals surface area contributed by atoms with Crippen molar-refractivity contribution in [2.45, 2.75) is 12.7 Å². The van der Waals surface area contributed by atoms with Crippen LogP contribution in [-0.2, 0) is 17.5 Å². The van der Waals surface area contributed by atoms with Gasteiger partial charge in [0.05, 0.1) is 18.4 Å². The van der Waals surface area contributed by atoms with Crippen molar-refractivity contribution in [3.63, 3.8) is 0 Å². The summed E-state index contributed by atoms with van der Waals surface area (Å²) in [6, 6.07) is 15.3. The van der Waals surface area contributed by atoms with E-state index in [0.717, 1.165) is 22.4 Å². The Balaban J connectivity index is 1.41. The average Bonchev–Trinajstić information content (AvgIpc) is 2.85. The molecule has 2 aromatic carbocycles. The van der Waals surface area contributed by atoms with Gasteiger partial charge < -0.3 is 14.5 Å². The monoisotopic (exact) mass is 472 g/mol. The van der Waals surface area contributed by atoms with E-state index < -0.39 is 17.3 Å². The summed E-state index contributed by atoms with van der Waals surface area (Å²) in [5, 5.41) is 4.33. The van der Waals surface area contributed by atoms with Gasteiger partial charge in [-0.1, -0.05) is 6.07 Å². The quantitative estimate of drug-likeness (QED) is 0.570. The summed E-state index contributed by atoms with van der Waals surface area (Å²) >= 11 is 0. The number of ether oxygens (including phenoxy) is 1. The fourth-order valence-electron chi connectivity index (χ4n) is 3.80. The highest BCUT2D eigenvalue weighted by molar-refractivity contribution is 5.76. The van der Waals surface area contributed by atoms with E-state index in [-0.39, 0.29) is 12.5 Å². The first-order valence-electron chi connectivity index (χ1n) is 10.7. The zero-order valence-corrected chi connectivity index (χ0v) is 18.5. The number of anilines is 1. The number of carbonyl (C=O) groups excluding carboxylic acids is 1. The normalized spacial score (nSPS) is 14.2. The van der Waals surface area contributed by atoms with Gasteiger partial charge in [0.25, 0.3) is 5.56 Å². The molecular weight excluding hydrogens is 449 g/mol. The number of amides is 1. The van der Waals surface area contributed by atoms with Gasteiger partial charge in [-0.15, -0.1) is 0 Å². The van der Waals surface area contributed by atoms with Crippen LogP contribution in [-0.4, -0.2) is 53.9 Å². The number of hydrogen-bond acceptors (Lipinski definition) is 5. The summed E-state index contributed by atoms with van der Waals surface area (Å²) in [4.78, 5) is 28.5. The lowest BCUT2D eigenvalue weighted by molar-refractivity contribution is -0.137. The van der Waals surface area contributed by atoms with Gasteiger partial charge in [-0.05, 0) is 48.5 Å². The highest BCUT2D eigenvalue weighted by Crippen LogP contribution is 2.32. The fraction of sp³-hybridized carbons (Fsp3) is 0.292. The number of rotatable bonds is 5. The Labute approximate surface area is 194 Å². The number of carbonyl (C=O) groups is 1. The molecule has 1 saturated heterocycles. The van der Waals surface area contributed by atoms with E-state index in [9.17, 15) is 22.8 Å². The molecule has 1 aliphatic heterocycles. The molecule has 1 aromatic heterocycles. The first-order valence-corrected chi connectivity index (χ1v) is 10.7. The molecule has 4 rings (SSSR count). The van der Waals surface area contributed by atoms with Gasteiger partial charge in [-0.25, -0.2) is 4.68 Å². The van der Waals surface area contributed by atoms with Crippen LogP contribution in [0.4, 0.5) is 18.9 Å². The van der Waals surface area contributed by atoms with Gasteiger partial charge >= 0.3 is 6.18 Å². The molecule has 10 heteroatoms. The molecule has 0 radical (unpaired) electrons. The molecule has 0 N–H and O–H groups in total. The molecule has 0 atom stereocenters. The van der Waals surface area contributed by atoms with Crippen LogP contribution in [0.2, 0.25) is 0 Å². The molecule has 1 fully saturated rings. The fourth-order valence-corrected chi connectivity index (χ4v) is 3.80. The van der Waals surface area contributed by atoms with Crippen LogP contribution in [0.1, 0.15) is 5.56 Å². The Morgan fingerprint density at radius 1 is 1.00 bits per heavy atom. The molecule has 2 heterocycles. The van der Waals surface area contributed by atoms with E-state index in [0.29, 0.717) is 43.3 Å². The molecule has 7 nitrogen and oxygen atoms in total. The third kappa shape index (κ3) is 5.22. The van der Waals surface area contributed by atoms with Crippen LogP contribution in [0.25, 0.3) is 11.3 Å². The summed E-state index contributed by atoms with van der Waals surface area (Å²) in [7, 11) is 1.57. The molecule has 0 spiro atoms. The Morgan fingerprint density at radius 3 is 2.35 bits per heavy atom. The molecule has 1 amide bonds. The first kappa shape index (κ1) is 23.3. The van der Waals surface area contributed by atoms with Crippen molar-refractivity contribution in [3.05, 3.63) is 76.6 Å². The average molecular weight is 472 g/mol. The summed E-state index contributed by atoms with van der Waals surface area (Å²) < 4.78 is 45.3. The minimum Gasteiger partial charge on any atom is -0.497 e. The maximum absolute atomic E-state index is 13.0. The van der Waals surface area contributed by atoms with Crippen LogP contribution in [0.5, 0.6) is 5.75 Å². The molecule has 1 aliphatic rings. The number of benzene rings is 2. The standard InChI is InChI=1S/C24H23F3N4O3/c1-34-20-7-5-17(6-8-20)21-9-10-22(32)31(28-21)16-23(33)30-13-11-29(12-14-30)19-4-2-3-18(15-19)24(25,26)27/h2-10,15H,11-14,16H2,1H3. The second-order valence-electron chi connectivity index (χ2n) is 7.86. The van der Waals surface area contributed by atoms with Crippen LogP contribution in [0, 0.1) is 0 Å². The Morgan fingerprint density at radius 2 is 1.71 bits per heavy atom. The van der Waals surface area contributed by atoms with Crippen molar-refractivity contribution in [2.24, 2.45) is 0 Å². The molecule has 0 aliphatic carbocycles. The predicted octanol–water partition coefficient (Wildman–Crippen LogP) is 3.29. The van der Waals surface area contributed by atoms with Crippen molar-refractivity contribution < 1.29 is 22.7 Å². The van der Waals surface area contributed by atoms with Gasteiger partial charge in [0, 0.05) is 43.5 Å². The molecular formula is C24H23F3N4O3. The van der Waals surface area contributed by atoms with Gasteiger partial charge in [-0.2, -0.15) is 18.3 Å². The minimum absolute atomic E-state index is 0.216. The number of nitrogens with zero attached hydrogens (tertiary/aromatic N) is 4. The third-order valence-electron chi connectivity index (χ3n) is 5.71. The van der Waals surface area contributed by atoms with Gasteiger partial charge in [0.15, 0.2) is 0 Å². The van der Waals surface area contributed by atoms with Gasteiger partial charge in [0.2, 0.25) is 5.91 Å². The number of hydrogen-bond donors (Lipinski definition) is 0. The lowest BCUT2D eigenvalue weighted by Crippen LogP contribution is -2.50.